The summed E-state index contributed by atoms with van der Waals surface area (Å²) in [5.74, 6) is -2.34. The van der Waals surface area contributed by atoms with E-state index in [0.29, 0.717) is 15.5 Å². The minimum absolute atomic E-state index is 0.214. The molecule has 110 valence electrons. The van der Waals surface area contributed by atoms with Crippen LogP contribution >= 0.6 is 0 Å². The van der Waals surface area contributed by atoms with Gasteiger partial charge in [-0.15, -0.1) is 0 Å². The highest BCUT2D eigenvalue weighted by atomic mass is 16.5. The van der Waals surface area contributed by atoms with Gasteiger partial charge in [-0.25, -0.2) is 14.6 Å². The maximum Gasteiger partial charge on any atom is 0.339 e. The summed E-state index contributed by atoms with van der Waals surface area (Å²) < 4.78 is 9.35. The number of amides is 4. The van der Waals surface area contributed by atoms with Crippen LogP contribution in [0.1, 0.15) is 0 Å². The Morgan fingerprint density at radius 1 is 1.05 bits per heavy atom. The van der Waals surface area contributed by atoms with Gasteiger partial charge >= 0.3 is 23.8 Å². The Balaban J connectivity index is 2.28. The third kappa shape index (κ3) is 2.55. The molecular weight excluding hydrogens is 280 g/mol. The van der Waals surface area contributed by atoms with E-state index in [1.54, 1.807) is 12.1 Å². The van der Waals surface area contributed by atoms with Gasteiger partial charge in [0.1, 0.15) is 12.3 Å². The summed E-state index contributed by atoms with van der Waals surface area (Å²) in [6.45, 7) is -0.605. The van der Waals surface area contributed by atoms with Gasteiger partial charge in [-0.05, 0) is 24.3 Å². The van der Waals surface area contributed by atoms with Crippen molar-refractivity contribution < 1.29 is 28.7 Å². The fraction of sp³-hybridized carbons (Fsp3) is 0.231. The lowest BCUT2D eigenvalue weighted by molar-refractivity contribution is -0.146. The number of benzene rings is 1. The number of anilines is 1. The number of hydrogen-bond donors (Lipinski definition) is 0. The summed E-state index contributed by atoms with van der Waals surface area (Å²) >= 11 is 0. The molecule has 1 aromatic rings. The molecule has 4 amide bonds. The number of ether oxygens (including phenoxy) is 2. The molecular formula is C13H12N2O6. The Hall–Kier alpha value is -2.90. The van der Waals surface area contributed by atoms with Gasteiger partial charge in [0.2, 0.25) is 0 Å². The van der Waals surface area contributed by atoms with Gasteiger partial charge in [0.25, 0.3) is 0 Å². The van der Waals surface area contributed by atoms with Crippen LogP contribution in [0.3, 0.4) is 0 Å². The number of esters is 1. The van der Waals surface area contributed by atoms with Crippen LogP contribution in [-0.4, -0.2) is 49.5 Å². The van der Waals surface area contributed by atoms with Gasteiger partial charge in [0, 0.05) is 0 Å². The first kappa shape index (κ1) is 14.5. The second kappa shape index (κ2) is 5.61. The van der Waals surface area contributed by atoms with Crippen molar-refractivity contribution in [2.45, 2.75) is 0 Å². The lowest BCUT2D eigenvalue weighted by Gasteiger charge is -2.14. The lowest BCUT2D eigenvalue weighted by atomic mass is 10.3. The summed E-state index contributed by atoms with van der Waals surface area (Å²) in [5.41, 5.74) is 0.214. The van der Waals surface area contributed by atoms with Crippen molar-refractivity contribution in [3.8, 4) is 5.75 Å². The van der Waals surface area contributed by atoms with Gasteiger partial charge in [0.05, 0.1) is 19.9 Å². The third-order valence-corrected chi connectivity index (χ3v) is 2.90. The van der Waals surface area contributed by atoms with E-state index in [0.717, 1.165) is 7.11 Å². The number of imide groups is 2. The molecule has 1 aromatic carbocycles. The molecule has 21 heavy (non-hydrogen) atoms. The molecule has 1 saturated heterocycles. The van der Waals surface area contributed by atoms with Crippen LogP contribution in [0.15, 0.2) is 24.3 Å². The highest BCUT2D eigenvalue weighted by Gasteiger charge is 2.46. The zero-order valence-corrected chi connectivity index (χ0v) is 11.4. The molecule has 1 fully saturated rings. The van der Waals surface area contributed by atoms with Gasteiger partial charge in [-0.3, -0.25) is 14.4 Å². The van der Waals surface area contributed by atoms with Crippen LogP contribution in [-0.2, 0) is 19.1 Å². The van der Waals surface area contributed by atoms with Crippen LogP contribution < -0.4 is 9.64 Å². The van der Waals surface area contributed by atoms with E-state index < -0.39 is 30.4 Å². The Labute approximate surface area is 119 Å². The first-order valence-corrected chi connectivity index (χ1v) is 5.90. The van der Waals surface area contributed by atoms with E-state index in [4.69, 9.17) is 4.74 Å². The van der Waals surface area contributed by atoms with Crippen LogP contribution in [0.5, 0.6) is 5.75 Å². The second-order valence-electron chi connectivity index (χ2n) is 4.09. The second-order valence-corrected chi connectivity index (χ2v) is 4.09. The predicted molar refractivity (Wildman–Crippen MR) is 69.6 cm³/mol. The van der Waals surface area contributed by atoms with Gasteiger partial charge < -0.3 is 9.47 Å². The lowest BCUT2D eigenvalue weighted by Crippen LogP contribution is -2.37. The smallest absolute Gasteiger partial charge is 0.339 e. The summed E-state index contributed by atoms with van der Waals surface area (Å²) in [6, 6.07) is 5.13. The molecule has 0 aromatic heterocycles. The summed E-state index contributed by atoms with van der Waals surface area (Å²) in [7, 11) is 2.60. The van der Waals surface area contributed by atoms with E-state index in [9.17, 15) is 19.2 Å². The fourth-order valence-electron chi connectivity index (χ4n) is 1.80. The SMILES string of the molecule is COC(=O)CN1C(=O)C(=O)N(c2ccc(OC)cc2)C1=O. The molecule has 1 aliphatic heterocycles. The molecule has 0 saturated carbocycles. The quantitative estimate of drug-likeness (QED) is 0.446. The van der Waals surface area contributed by atoms with Crippen LogP contribution in [0.2, 0.25) is 0 Å². The van der Waals surface area contributed by atoms with Gasteiger partial charge in [0.15, 0.2) is 0 Å². The van der Waals surface area contributed by atoms with Gasteiger partial charge in [-0.1, -0.05) is 0 Å². The number of methoxy groups -OCH3 is 2. The highest BCUT2D eigenvalue weighted by Crippen LogP contribution is 2.24. The van der Waals surface area contributed by atoms with Gasteiger partial charge in [-0.2, -0.15) is 0 Å². The molecule has 1 aliphatic rings. The first-order chi connectivity index (χ1) is 9.99. The third-order valence-electron chi connectivity index (χ3n) is 2.90. The van der Waals surface area contributed by atoms with Crippen molar-refractivity contribution in [1.29, 1.82) is 0 Å². The van der Waals surface area contributed by atoms with Crippen molar-refractivity contribution in [1.82, 2.24) is 4.90 Å². The molecule has 0 radical (unpaired) electrons. The molecule has 8 nitrogen and oxygen atoms in total. The Kier molecular flexibility index (Phi) is 3.88. The average molecular weight is 292 g/mol. The van der Waals surface area contributed by atoms with Crippen LogP contribution in [0, 0.1) is 0 Å². The van der Waals surface area contributed by atoms with E-state index in [-0.39, 0.29) is 5.69 Å². The predicted octanol–water partition coefficient (Wildman–Crippen LogP) is 0.163. The molecule has 0 unspecified atom stereocenters. The molecule has 0 N–H and O–H groups in total. The number of carbonyl (C=O) groups excluding carboxylic acids is 4. The van der Waals surface area contributed by atoms with E-state index in [1.807, 2.05) is 0 Å². The van der Waals surface area contributed by atoms with Crippen molar-refractivity contribution in [2.75, 3.05) is 25.7 Å². The zero-order valence-electron chi connectivity index (χ0n) is 11.4. The molecule has 2 rings (SSSR count). The number of rotatable bonds is 4. The molecule has 8 heteroatoms. The molecule has 0 bridgehead atoms. The Morgan fingerprint density at radius 2 is 1.67 bits per heavy atom. The molecule has 0 spiro atoms. The standard InChI is InChI=1S/C13H12N2O6/c1-20-9-5-3-8(4-6-9)15-12(18)11(17)14(13(15)19)7-10(16)21-2/h3-6H,7H2,1-2H3. The Morgan fingerprint density at radius 3 is 2.19 bits per heavy atom. The maximum atomic E-state index is 12.1. The van der Waals surface area contributed by atoms with Crippen molar-refractivity contribution in [3.63, 3.8) is 0 Å². The van der Waals surface area contributed by atoms with Crippen LogP contribution in [0.25, 0.3) is 0 Å². The van der Waals surface area contributed by atoms with Crippen molar-refractivity contribution in [2.24, 2.45) is 0 Å². The summed E-state index contributed by atoms with van der Waals surface area (Å²) in [5, 5.41) is 0. The zero-order chi connectivity index (χ0) is 15.6. The molecule has 1 heterocycles. The largest absolute Gasteiger partial charge is 0.497 e. The number of nitrogens with zero attached hydrogens (tertiary/aromatic N) is 2. The van der Waals surface area contributed by atoms with Crippen molar-refractivity contribution >= 4 is 29.5 Å². The number of hydrogen-bond acceptors (Lipinski definition) is 6. The topological polar surface area (TPSA) is 93.2 Å². The minimum Gasteiger partial charge on any atom is -0.497 e. The maximum absolute atomic E-state index is 12.1. The minimum atomic E-state index is -1.07. The average Bonchev–Trinajstić information content (AvgIpc) is 2.71. The van der Waals surface area contributed by atoms with E-state index in [2.05, 4.69) is 4.74 Å². The highest BCUT2D eigenvalue weighted by molar-refractivity contribution is 6.53. The van der Waals surface area contributed by atoms with Crippen molar-refractivity contribution in [3.05, 3.63) is 24.3 Å². The summed E-state index contributed by atoms with van der Waals surface area (Å²) in [4.78, 5) is 48.2. The van der Waals surface area contributed by atoms with Crippen LogP contribution in [0.4, 0.5) is 10.5 Å². The number of urea groups is 1. The number of carbonyl (C=O) groups is 4. The Bertz CT molecular complexity index is 610. The summed E-state index contributed by atoms with van der Waals surface area (Å²) in [6.07, 6.45) is 0. The van der Waals surface area contributed by atoms with E-state index >= 15 is 0 Å². The fourth-order valence-corrected chi connectivity index (χ4v) is 1.80. The first-order valence-electron chi connectivity index (χ1n) is 5.90. The normalized spacial score (nSPS) is 14.7. The molecule has 0 atom stereocenters. The molecule has 0 aliphatic carbocycles. The monoisotopic (exact) mass is 292 g/mol. The van der Waals surface area contributed by atoms with E-state index in [1.165, 1.54) is 19.2 Å².